The number of aliphatic hydroxyl groups excluding tert-OH is 2. The zero-order valence-electron chi connectivity index (χ0n) is 33.0. The van der Waals surface area contributed by atoms with E-state index in [0.29, 0.717) is 6.54 Å². The summed E-state index contributed by atoms with van der Waals surface area (Å²) in [5.41, 5.74) is 0.811. The monoisotopic (exact) mass is 707 g/mol. The van der Waals surface area contributed by atoms with Crippen molar-refractivity contribution >= 4 is 17.7 Å². The van der Waals surface area contributed by atoms with Crippen molar-refractivity contribution in [3.05, 3.63) is 23.8 Å². The summed E-state index contributed by atoms with van der Waals surface area (Å²) in [6.07, 6.45) is 7.67. The van der Waals surface area contributed by atoms with Crippen LogP contribution in [0, 0.1) is 29.6 Å². The molecule has 0 aromatic carbocycles. The molecule has 2 rings (SSSR count). The molecule has 2 aliphatic rings. The highest BCUT2D eigenvalue weighted by Gasteiger charge is 2.43. The van der Waals surface area contributed by atoms with Gasteiger partial charge in [-0.2, -0.15) is 0 Å². The fourth-order valence-electron chi connectivity index (χ4n) is 7.38. The van der Waals surface area contributed by atoms with Crippen LogP contribution in [0.2, 0.25) is 0 Å². The van der Waals surface area contributed by atoms with Crippen molar-refractivity contribution in [2.45, 2.75) is 150 Å². The summed E-state index contributed by atoms with van der Waals surface area (Å²) < 4.78 is 12.0. The van der Waals surface area contributed by atoms with Crippen molar-refractivity contribution in [3.8, 4) is 0 Å². The van der Waals surface area contributed by atoms with Gasteiger partial charge < -0.3 is 35.2 Å². The molecule has 1 aliphatic carbocycles. The Balaban J connectivity index is 2.22. The van der Waals surface area contributed by atoms with Crippen LogP contribution in [0.5, 0.6) is 0 Å². The molecule has 0 radical (unpaired) electrons. The number of likely N-dealkylation sites (tertiary alicyclic amines) is 1. The molecular formula is C39H70N4O7. The quantitative estimate of drug-likeness (QED) is 0.147. The lowest BCUT2D eigenvalue weighted by atomic mass is 9.89. The number of ether oxygens (including phenoxy) is 2. The normalized spacial score (nSPS) is 22.9. The number of hydrogen-bond donors (Lipinski definition) is 4. The Hall–Kier alpha value is -2.31. The molecule has 0 bridgehead atoms. The summed E-state index contributed by atoms with van der Waals surface area (Å²) in [7, 11) is 4.97. The van der Waals surface area contributed by atoms with Crippen LogP contribution in [-0.4, -0.2) is 114 Å². The Morgan fingerprint density at radius 2 is 1.58 bits per heavy atom. The zero-order valence-corrected chi connectivity index (χ0v) is 33.0. The first-order chi connectivity index (χ1) is 23.5. The third-order valence-electron chi connectivity index (χ3n) is 11.3. The number of methoxy groups -OCH3 is 2. The number of likely N-dealkylation sites (N-methyl/N-ethyl adjacent to an activating group) is 1. The standard InChI is InChI=1S/C39H70N4O7/c1-13-25(6)34(42(10)39(48)33(24(4)5)41-37(46)26(7)23(2)3)31(49-11)22-32(44)43-21-17-20-30(43)36(50-12)27(8)38(47)40-28(9)35(45)29-18-15-14-16-19-29/h15,18-19,23-28,30-36,44-45H,13-14,16-17,20-22H2,1-12H3,(H,40,47)(H,41,46)/t25-,26?,27?,28?,30-,31+,32?,33-,34?,35?,36+/m0/s1. The Morgan fingerprint density at radius 3 is 2.10 bits per heavy atom. The van der Waals surface area contributed by atoms with E-state index in [1.807, 2.05) is 64.7 Å². The van der Waals surface area contributed by atoms with Crippen LogP contribution in [0.1, 0.15) is 101 Å². The second kappa shape index (κ2) is 20.7. The Labute approximate surface area is 302 Å². The van der Waals surface area contributed by atoms with Gasteiger partial charge in [-0.1, -0.05) is 80.0 Å². The number of nitrogens with zero attached hydrogens (tertiary/aromatic N) is 2. The summed E-state index contributed by atoms with van der Waals surface area (Å²) in [6.45, 7) is 18.1. The van der Waals surface area contributed by atoms with E-state index in [4.69, 9.17) is 9.47 Å². The summed E-state index contributed by atoms with van der Waals surface area (Å²) in [5.74, 6) is -1.25. The molecule has 11 heteroatoms. The van der Waals surface area contributed by atoms with Crippen molar-refractivity contribution in [3.63, 3.8) is 0 Å². The van der Waals surface area contributed by atoms with Gasteiger partial charge in [-0.3, -0.25) is 19.3 Å². The molecule has 0 spiro atoms. The molecule has 1 fully saturated rings. The molecule has 4 N–H and O–H groups in total. The van der Waals surface area contributed by atoms with Gasteiger partial charge in [0.25, 0.3) is 0 Å². The molecule has 3 amide bonds. The molecule has 1 saturated heterocycles. The summed E-state index contributed by atoms with van der Waals surface area (Å²) in [5, 5.41) is 28.6. The fraction of sp³-hybridized carbons (Fsp3) is 0.821. The first kappa shape index (κ1) is 43.9. The van der Waals surface area contributed by atoms with Crippen molar-refractivity contribution in [1.82, 2.24) is 20.4 Å². The number of carbonyl (C=O) groups excluding carboxylic acids is 3. The van der Waals surface area contributed by atoms with Gasteiger partial charge in [-0.25, -0.2) is 0 Å². The SMILES string of the molecule is CC[C@H](C)C([C@@H](CC(O)N1CCC[C@H]1[C@H](OC)C(C)C(=O)NC(C)C(O)C1=CCCC=C1)OC)N(C)C(=O)[C@@H](NC(=O)C(C)C(C)C)C(C)C. The molecule has 50 heavy (non-hydrogen) atoms. The van der Waals surface area contributed by atoms with Gasteiger partial charge in [0.15, 0.2) is 0 Å². The van der Waals surface area contributed by atoms with Gasteiger partial charge in [0.2, 0.25) is 17.7 Å². The lowest BCUT2D eigenvalue weighted by Gasteiger charge is -2.42. The van der Waals surface area contributed by atoms with Crippen LogP contribution in [0.4, 0.5) is 0 Å². The van der Waals surface area contributed by atoms with Crippen LogP contribution in [0.3, 0.4) is 0 Å². The van der Waals surface area contributed by atoms with Gasteiger partial charge in [0, 0.05) is 46.2 Å². The molecule has 6 unspecified atom stereocenters. The van der Waals surface area contributed by atoms with Crippen LogP contribution in [-0.2, 0) is 23.9 Å². The molecule has 1 aliphatic heterocycles. The Kier molecular flexibility index (Phi) is 18.1. The maximum absolute atomic E-state index is 14.1. The predicted octanol–water partition coefficient (Wildman–Crippen LogP) is 4.27. The van der Waals surface area contributed by atoms with Gasteiger partial charge in [0.1, 0.15) is 12.3 Å². The van der Waals surface area contributed by atoms with E-state index in [1.165, 1.54) is 0 Å². The first-order valence-corrected chi connectivity index (χ1v) is 18.9. The zero-order chi connectivity index (χ0) is 37.9. The Bertz CT molecular complexity index is 1140. The minimum atomic E-state index is -0.909. The summed E-state index contributed by atoms with van der Waals surface area (Å²) in [4.78, 5) is 44.3. The largest absolute Gasteiger partial charge is 0.386 e. The van der Waals surface area contributed by atoms with Crippen LogP contribution in [0.25, 0.3) is 0 Å². The van der Waals surface area contributed by atoms with Crippen molar-refractivity contribution < 1.29 is 34.1 Å². The number of amides is 3. The van der Waals surface area contributed by atoms with Crippen molar-refractivity contribution in [1.29, 1.82) is 0 Å². The fourth-order valence-corrected chi connectivity index (χ4v) is 7.38. The number of aliphatic hydroxyl groups is 2. The first-order valence-electron chi connectivity index (χ1n) is 18.9. The highest BCUT2D eigenvalue weighted by molar-refractivity contribution is 5.88. The summed E-state index contributed by atoms with van der Waals surface area (Å²) in [6, 6.07) is -1.76. The second-order valence-electron chi connectivity index (χ2n) is 15.4. The van der Waals surface area contributed by atoms with Gasteiger partial charge in [0.05, 0.1) is 36.3 Å². The van der Waals surface area contributed by atoms with Crippen molar-refractivity contribution in [2.75, 3.05) is 27.8 Å². The third-order valence-corrected chi connectivity index (χ3v) is 11.3. The number of nitrogens with one attached hydrogen (secondary N) is 2. The molecule has 0 aromatic heterocycles. The van der Waals surface area contributed by atoms with Gasteiger partial charge >= 0.3 is 0 Å². The van der Waals surface area contributed by atoms with E-state index in [0.717, 1.165) is 37.7 Å². The lowest BCUT2D eigenvalue weighted by molar-refractivity contribution is -0.146. The minimum absolute atomic E-state index is 0.0428. The average Bonchev–Trinajstić information content (AvgIpc) is 3.58. The van der Waals surface area contributed by atoms with E-state index in [9.17, 15) is 24.6 Å². The molecule has 288 valence electrons. The second-order valence-corrected chi connectivity index (χ2v) is 15.4. The van der Waals surface area contributed by atoms with Crippen LogP contribution < -0.4 is 10.6 Å². The van der Waals surface area contributed by atoms with Crippen molar-refractivity contribution in [2.24, 2.45) is 29.6 Å². The maximum Gasteiger partial charge on any atom is 0.245 e. The average molecular weight is 707 g/mol. The van der Waals surface area contributed by atoms with Gasteiger partial charge in [-0.05, 0) is 55.9 Å². The van der Waals surface area contributed by atoms with Crippen LogP contribution in [0.15, 0.2) is 23.8 Å². The molecule has 1 heterocycles. The van der Waals surface area contributed by atoms with E-state index < -0.39 is 42.5 Å². The smallest absolute Gasteiger partial charge is 0.245 e. The molecule has 0 saturated carbocycles. The molecule has 11 atom stereocenters. The number of carbonyl (C=O) groups is 3. The highest BCUT2D eigenvalue weighted by Crippen LogP contribution is 2.31. The van der Waals surface area contributed by atoms with Crippen LogP contribution >= 0.6 is 0 Å². The molecular weight excluding hydrogens is 636 g/mol. The number of hydrogen-bond acceptors (Lipinski definition) is 8. The maximum atomic E-state index is 14.1. The van der Waals surface area contributed by atoms with E-state index in [-0.39, 0.29) is 59.9 Å². The van der Waals surface area contributed by atoms with E-state index >= 15 is 0 Å². The number of rotatable bonds is 20. The molecule has 0 aromatic rings. The minimum Gasteiger partial charge on any atom is -0.386 e. The molecule has 11 nitrogen and oxygen atoms in total. The topological polar surface area (TPSA) is 141 Å². The van der Waals surface area contributed by atoms with E-state index in [1.54, 1.807) is 33.1 Å². The Morgan fingerprint density at radius 1 is 0.940 bits per heavy atom. The van der Waals surface area contributed by atoms with E-state index in [2.05, 4.69) is 24.5 Å². The lowest BCUT2D eigenvalue weighted by Crippen LogP contribution is -2.58. The predicted molar refractivity (Wildman–Crippen MR) is 198 cm³/mol. The third kappa shape index (κ3) is 11.3. The number of allylic oxidation sites excluding steroid dienone is 2. The highest BCUT2D eigenvalue weighted by atomic mass is 16.5. The summed E-state index contributed by atoms with van der Waals surface area (Å²) >= 11 is 0. The van der Waals surface area contributed by atoms with Gasteiger partial charge in [-0.15, -0.1) is 0 Å².